The first kappa shape index (κ1) is 11.1. The van der Waals surface area contributed by atoms with Crippen LogP contribution in [0.1, 0.15) is 5.56 Å². The monoisotopic (exact) mass is 216 g/mol. The Hall–Kier alpha value is -0.980. The van der Waals surface area contributed by atoms with Gasteiger partial charge in [-0.1, -0.05) is 0 Å². The Kier molecular flexibility index (Phi) is 3.56. The summed E-state index contributed by atoms with van der Waals surface area (Å²) in [6.45, 7) is 0. The van der Waals surface area contributed by atoms with Gasteiger partial charge in [-0.3, -0.25) is 9.54 Å². The van der Waals surface area contributed by atoms with Gasteiger partial charge in [-0.25, -0.2) is 0 Å². The summed E-state index contributed by atoms with van der Waals surface area (Å²) in [4.78, 5) is 3.82. The van der Waals surface area contributed by atoms with E-state index in [9.17, 15) is 8.42 Å². The molecule has 1 heterocycles. The Morgan fingerprint density at radius 1 is 1.43 bits per heavy atom. The van der Waals surface area contributed by atoms with Crippen LogP contribution in [0.4, 0.5) is 0 Å². The van der Waals surface area contributed by atoms with Crippen molar-refractivity contribution in [2.24, 2.45) is 5.73 Å². The first-order valence-corrected chi connectivity index (χ1v) is 5.68. The highest BCUT2D eigenvalue weighted by Gasteiger charge is 2.12. The summed E-state index contributed by atoms with van der Waals surface area (Å²) in [5.41, 5.74) is 6.43. The molecule has 1 aromatic heterocycles. The van der Waals surface area contributed by atoms with Crippen molar-refractivity contribution in [1.82, 2.24) is 4.98 Å². The lowest BCUT2D eigenvalue weighted by molar-refractivity contribution is 0.476. The SMILES string of the molecule is NC(Cc1ccncc1)CS(=O)(=O)O. The standard InChI is InChI=1S/C8H12N2O3S/c9-8(6-14(11,12)13)5-7-1-3-10-4-2-7/h1-4,8H,5-6,9H2,(H,11,12,13). The van der Waals surface area contributed by atoms with Crippen LogP contribution >= 0.6 is 0 Å². The number of aromatic nitrogens is 1. The van der Waals surface area contributed by atoms with Gasteiger partial charge in [0, 0.05) is 18.4 Å². The van der Waals surface area contributed by atoms with Crippen LogP contribution in [0.3, 0.4) is 0 Å². The third kappa shape index (κ3) is 4.31. The smallest absolute Gasteiger partial charge is 0.266 e. The second kappa shape index (κ2) is 4.50. The van der Waals surface area contributed by atoms with E-state index < -0.39 is 21.9 Å². The van der Waals surface area contributed by atoms with E-state index in [1.54, 1.807) is 24.5 Å². The van der Waals surface area contributed by atoms with Crippen molar-refractivity contribution >= 4 is 10.1 Å². The molecule has 1 atom stereocenters. The highest BCUT2D eigenvalue weighted by molar-refractivity contribution is 7.85. The predicted octanol–water partition coefficient (Wildman–Crippen LogP) is -0.161. The molecule has 1 rings (SSSR count). The number of pyridine rings is 1. The molecule has 0 amide bonds. The van der Waals surface area contributed by atoms with Crippen molar-refractivity contribution < 1.29 is 13.0 Å². The summed E-state index contributed by atoms with van der Waals surface area (Å²) in [7, 11) is -3.98. The maximum atomic E-state index is 10.5. The van der Waals surface area contributed by atoms with Crippen molar-refractivity contribution in [2.75, 3.05) is 5.75 Å². The van der Waals surface area contributed by atoms with E-state index in [1.165, 1.54) is 0 Å². The van der Waals surface area contributed by atoms with Crippen molar-refractivity contribution in [2.45, 2.75) is 12.5 Å². The van der Waals surface area contributed by atoms with Crippen LogP contribution in [0.25, 0.3) is 0 Å². The van der Waals surface area contributed by atoms with Crippen LogP contribution in [-0.2, 0) is 16.5 Å². The minimum Gasteiger partial charge on any atom is -0.326 e. The molecule has 0 aliphatic carbocycles. The molecule has 1 unspecified atom stereocenters. The molecule has 0 aliphatic heterocycles. The fraction of sp³-hybridized carbons (Fsp3) is 0.375. The molecule has 0 aromatic carbocycles. The highest BCUT2D eigenvalue weighted by atomic mass is 32.2. The second-order valence-corrected chi connectivity index (χ2v) is 4.57. The number of hydrogen-bond donors (Lipinski definition) is 2. The van der Waals surface area contributed by atoms with Gasteiger partial charge >= 0.3 is 0 Å². The summed E-state index contributed by atoms with van der Waals surface area (Å²) in [6, 6.07) is 2.92. The lowest BCUT2D eigenvalue weighted by Crippen LogP contribution is -2.31. The Bertz CT molecular complexity index is 377. The molecule has 0 bridgehead atoms. The van der Waals surface area contributed by atoms with E-state index in [0.717, 1.165) is 5.56 Å². The maximum absolute atomic E-state index is 10.5. The van der Waals surface area contributed by atoms with Gasteiger partial charge in [-0.15, -0.1) is 0 Å². The van der Waals surface area contributed by atoms with Gasteiger partial charge in [-0.2, -0.15) is 8.42 Å². The van der Waals surface area contributed by atoms with Crippen molar-refractivity contribution in [1.29, 1.82) is 0 Å². The maximum Gasteiger partial charge on any atom is 0.266 e. The Morgan fingerprint density at radius 3 is 2.50 bits per heavy atom. The van der Waals surface area contributed by atoms with Crippen molar-refractivity contribution in [3.05, 3.63) is 30.1 Å². The first-order chi connectivity index (χ1) is 6.47. The van der Waals surface area contributed by atoms with Crippen LogP contribution < -0.4 is 5.73 Å². The molecule has 0 saturated carbocycles. The molecule has 6 heteroatoms. The van der Waals surface area contributed by atoms with Crippen LogP contribution in [0.5, 0.6) is 0 Å². The van der Waals surface area contributed by atoms with Crippen molar-refractivity contribution in [3.8, 4) is 0 Å². The molecule has 0 fully saturated rings. The number of nitrogens with zero attached hydrogens (tertiary/aromatic N) is 1. The van der Waals surface area contributed by atoms with E-state index in [4.69, 9.17) is 10.3 Å². The van der Waals surface area contributed by atoms with Gasteiger partial charge in [0.15, 0.2) is 0 Å². The number of hydrogen-bond acceptors (Lipinski definition) is 4. The Morgan fingerprint density at radius 2 is 2.00 bits per heavy atom. The molecule has 0 saturated heterocycles. The fourth-order valence-corrected chi connectivity index (χ4v) is 1.81. The van der Waals surface area contributed by atoms with Gasteiger partial charge in [-0.05, 0) is 24.1 Å². The van der Waals surface area contributed by atoms with Gasteiger partial charge < -0.3 is 5.73 Å². The van der Waals surface area contributed by atoms with Gasteiger partial charge in [0.2, 0.25) is 0 Å². The average Bonchev–Trinajstić information content (AvgIpc) is 2.02. The molecule has 3 N–H and O–H groups in total. The highest BCUT2D eigenvalue weighted by Crippen LogP contribution is 2.01. The molecule has 0 aliphatic rings. The first-order valence-electron chi connectivity index (χ1n) is 4.07. The van der Waals surface area contributed by atoms with E-state index in [-0.39, 0.29) is 0 Å². The average molecular weight is 216 g/mol. The van der Waals surface area contributed by atoms with Crippen LogP contribution in [0, 0.1) is 0 Å². The van der Waals surface area contributed by atoms with E-state index in [0.29, 0.717) is 6.42 Å². The molecule has 78 valence electrons. The minimum atomic E-state index is -3.98. The minimum absolute atomic E-state index is 0.405. The third-order valence-corrected chi connectivity index (χ3v) is 2.52. The largest absolute Gasteiger partial charge is 0.326 e. The van der Waals surface area contributed by atoms with Crippen molar-refractivity contribution in [3.63, 3.8) is 0 Å². The van der Waals surface area contributed by atoms with Crippen LogP contribution in [0.2, 0.25) is 0 Å². The summed E-state index contributed by atoms with van der Waals surface area (Å²) in [5.74, 6) is -0.421. The van der Waals surface area contributed by atoms with E-state index in [1.807, 2.05) is 0 Å². The Balaban J connectivity index is 2.54. The molecule has 5 nitrogen and oxygen atoms in total. The van der Waals surface area contributed by atoms with E-state index in [2.05, 4.69) is 4.98 Å². The zero-order chi connectivity index (χ0) is 10.6. The van der Waals surface area contributed by atoms with Gasteiger partial charge in [0.05, 0.1) is 5.75 Å². The molecular weight excluding hydrogens is 204 g/mol. The second-order valence-electron chi connectivity index (χ2n) is 3.07. The predicted molar refractivity (Wildman–Crippen MR) is 52.3 cm³/mol. The summed E-state index contributed by atoms with van der Waals surface area (Å²) in [6.07, 6.45) is 3.62. The molecule has 14 heavy (non-hydrogen) atoms. The zero-order valence-electron chi connectivity index (χ0n) is 7.50. The van der Waals surface area contributed by atoms with E-state index >= 15 is 0 Å². The molecule has 0 radical (unpaired) electrons. The van der Waals surface area contributed by atoms with Crippen LogP contribution in [-0.4, -0.2) is 29.7 Å². The third-order valence-electron chi connectivity index (χ3n) is 1.67. The summed E-state index contributed by atoms with van der Waals surface area (Å²) in [5, 5.41) is 0. The summed E-state index contributed by atoms with van der Waals surface area (Å²) >= 11 is 0. The van der Waals surface area contributed by atoms with Crippen LogP contribution in [0.15, 0.2) is 24.5 Å². The Labute approximate surface area is 82.7 Å². The topological polar surface area (TPSA) is 93.3 Å². The lowest BCUT2D eigenvalue weighted by Gasteiger charge is -2.08. The zero-order valence-corrected chi connectivity index (χ0v) is 8.31. The summed E-state index contributed by atoms with van der Waals surface area (Å²) < 4.78 is 29.5. The van der Waals surface area contributed by atoms with Gasteiger partial charge in [0.1, 0.15) is 0 Å². The lowest BCUT2D eigenvalue weighted by atomic mass is 10.1. The quantitative estimate of drug-likeness (QED) is 0.682. The fourth-order valence-electron chi connectivity index (χ4n) is 1.15. The molecule has 0 spiro atoms. The molecule has 1 aromatic rings. The number of rotatable bonds is 4. The van der Waals surface area contributed by atoms with Gasteiger partial charge in [0.25, 0.3) is 10.1 Å². The molecular formula is C8H12N2O3S. The normalized spacial score (nSPS) is 13.9. The number of nitrogens with two attached hydrogens (primary N) is 1.